The molecule has 0 aliphatic heterocycles. The molecule has 3 aromatic heterocycles. The molecular formula is C13H11N3O2. The Morgan fingerprint density at radius 2 is 2.00 bits per heavy atom. The van der Waals surface area contributed by atoms with Crippen molar-refractivity contribution in [2.24, 2.45) is 0 Å². The summed E-state index contributed by atoms with van der Waals surface area (Å²) in [5.41, 5.74) is 1.74. The minimum absolute atomic E-state index is 0.138. The standard InChI is InChI=1S/C13H11N3O2/c1-8-3-5-10-12(14-8)15-11-6-4-9(18-2)7-16(11)13(10)17/h3-7H,1-2H3. The zero-order chi connectivity index (χ0) is 12.7. The molecule has 3 heterocycles. The molecular weight excluding hydrogens is 230 g/mol. The zero-order valence-electron chi connectivity index (χ0n) is 10.0. The van der Waals surface area contributed by atoms with E-state index in [9.17, 15) is 4.79 Å². The molecule has 0 unspecified atom stereocenters. The molecule has 0 aliphatic carbocycles. The fourth-order valence-electron chi connectivity index (χ4n) is 1.88. The summed E-state index contributed by atoms with van der Waals surface area (Å²) in [6.45, 7) is 1.87. The van der Waals surface area contributed by atoms with E-state index in [-0.39, 0.29) is 5.56 Å². The smallest absolute Gasteiger partial charge is 0.267 e. The quantitative estimate of drug-likeness (QED) is 0.607. The molecule has 5 heteroatoms. The van der Waals surface area contributed by atoms with Crippen molar-refractivity contribution in [1.29, 1.82) is 0 Å². The van der Waals surface area contributed by atoms with Gasteiger partial charge in [-0.25, -0.2) is 9.97 Å². The summed E-state index contributed by atoms with van der Waals surface area (Å²) in [6.07, 6.45) is 1.63. The van der Waals surface area contributed by atoms with Gasteiger partial charge in [0.05, 0.1) is 18.7 Å². The summed E-state index contributed by atoms with van der Waals surface area (Å²) in [4.78, 5) is 20.9. The molecule has 0 bridgehead atoms. The predicted molar refractivity (Wildman–Crippen MR) is 68.1 cm³/mol. The van der Waals surface area contributed by atoms with Gasteiger partial charge in [-0.2, -0.15) is 0 Å². The molecule has 0 aliphatic rings. The van der Waals surface area contributed by atoms with Gasteiger partial charge in [-0.3, -0.25) is 9.20 Å². The number of aromatic nitrogens is 3. The van der Waals surface area contributed by atoms with Crippen LogP contribution >= 0.6 is 0 Å². The van der Waals surface area contributed by atoms with E-state index in [0.717, 1.165) is 5.69 Å². The van der Waals surface area contributed by atoms with Crippen molar-refractivity contribution in [2.75, 3.05) is 7.11 Å². The van der Waals surface area contributed by atoms with Crippen molar-refractivity contribution in [1.82, 2.24) is 14.4 Å². The first-order valence-corrected chi connectivity index (χ1v) is 5.53. The topological polar surface area (TPSA) is 56.5 Å². The van der Waals surface area contributed by atoms with E-state index in [1.165, 1.54) is 4.40 Å². The highest BCUT2D eigenvalue weighted by Crippen LogP contribution is 2.12. The normalized spacial score (nSPS) is 11.0. The number of aryl methyl sites for hydroxylation is 1. The van der Waals surface area contributed by atoms with Gasteiger partial charge in [0.1, 0.15) is 11.4 Å². The number of pyridine rings is 2. The molecule has 0 spiro atoms. The first-order chi connectivity index (χ1) is 8.69. The maximum absolute atomic E-state index is 12.3. The minimum atomic E-state index is -0.138. The molecule has 0 amide bonds. The molecule has 5 nitrogen and oxygen atoms in total. The van der Waals surface area contributed by atoms with Gasteiger partial charge in [0.15, 0.2) is 5.65 Å². The van der Waals surface area contributed by atoms with Crippen molar-refractivity contribution < 1.29 is 4.74 Å². The van der Waals surface area contributed by atoms with Crippen LogP contribution in [0.3, 0.4) is 0 Å². The lowest BCUT2D eigenvalue weighted by atomic mass is 10.3. The largest absolute Gasteiger partial charge is 0.495 e. The van der Waals surface area contributed by atoms with E-state index in [2.05, 4.69) is 9.97 Å². The van der Waals surface area contributed by atoms with Crippen LogP contribution in [0.4, 0.5) is 0 Å². The highest BCUT2D eigenvalue weighted by Gasteiger charge is 2.07. The van der Waals surface area contributed by atoms with E-state index < -0.39 is 0 Å². The average molecular weight is 241 g/mol. The molecule has 0 radical (unpaired) electrons. The van der Waals surface area contributed by atoms with Crippen LogP contribution in [-0.2, 0) is 0 Å². The Kier molecular flexibility index (Phi) is 2.26. The third-order valence-electron chi connectivity index (χ3n) is 2.82. The van der Waals surface area contributed by atoms with Gasteiger partial charge >= 0.3 is 0 Å². The Bertz CT molecular complexity index is 808. The van der Waals surface area contributed by atoms with Crippen LogP contribution in [-0.4, -0.2) is 21.5 Å². The van der Waals surface area contributed by atoms with Crippen LogP contribution in [0.5, 0.6) is 5.75 Å². The van der Waals surface area contributed by atoms with E-state index in [4.69, 9.17) is 4.74 Å². The zero-order valence-corrected chi connectivity index (χ0v) is 10.0. The third kappa shape index (κ3) is 1.52. The van der Waals surface area contributed by atoms with Gasteiger partial charge in [-0.15, -0.1) is 0 Å². The van der Waals surface area contributed by atoms with Crippen molar-refractivity contribution in [3.63, 3.8) is 0 Å². The van der Waals surface area contributed by atoms with Gasteiger partial charge in [0.25, 0.3) is 5.56 Å². The number of ether oxygens (including phenoxy) is 1. The molecule has 3 aromatic rings. The lowest BCUT2D eigenvalue weighted by Crippen LogP contribution is -2.15. The molecule has 90 valence electrons. The molecule has 0 atom stereocenters. The highest BCUT2D eigenvalue weighted by atomic mass is 16.5. The Morgan fingerprint density at radius 1 is 1.17 bits per heavy atom. The molecule has 0 aromatic carbocycles. The van der Waals surface area contributed by atoms with Gasteiger partial charge in [0, 0.05) is 5.69 Å². The average Bonchev–Trinajstić information content (AvgIpc) is 2.38. The summed E-state index contributed by atoms with van der Waals surface area (Å²) in [5, 5.41) is 0.506. The fraction of sp³-hybridized carbons (Fsp3) is 0.154. The first-order valence-electron chi connectivity index (χ1n) is 5.53. The summed E-state index contributed by atoms with van der Waals surface area (Å²) in [7, 11) is 1.56. The van der Waals surface area contributed by atoms with Crippen molar-refractivity contribution in [3.05, 3.63) is 46.5 Å². The summed E-state index contributed by atoms with van der Waals surface area (Å²) in [5.74, 6) is 0.617. The van der Waals surface area contributed by atoms with Gasteiger partial charge in [-0.05, 0) is 31.2 Å². The summed E-state index contributed by atoms with van der Waals surface area (Å²) >= 11 is 0. The van der Waals surface area contributed by atoms with E-state index in [1.807, 2.05) is 6.92 Å². The van der Waals surface area contributed by atoms with Crippen molar-refractivity contribution in [3.8, 4) is 5.75 Å². The van der Waals surface area contributed by atoms with Crippen LogP contribution in [0, 0.1) is 6.92 Å². The Morgan fingerprint density at radius 3 is 2.78 bits per heavy atom. The van der Waals surface area contributed by atoms with Crippen molar-refractivity contribution in [2.45, 2.75) is 6.92 Å². The van der Waals surface area contributed by atoms with Crippen molar-refractivity contribution >= 4 is 16.7 Å². The second-order valence-corrected chi connectivity index (χ2v) is 4.04. The summed E-state index contributed by atoms with van der Waals surface area (Å²) in [6, 6.07) is 7.06. The minimum Gasteiger partial charge on any atom is -0.495 e. The maximum atomic E-state index is 12.3. The molecule has 0 saturated heterocycles. The number of hydrogen-bond acceptors (Lipinski definition) is 4. The lowest BCUT2D eigenvalue weighted by Gasteiger charge is -2.05. The number of methoxy groups -OCH3 is 1. The predicted octanol–water partition coefficient (Wildman–Crippen LogP) is 1.56. The Hall–Kier alpha value is -2.43. The Labute approximate surface area is 103 Å². The lowest BCUT2D eigenvalue weighted by molar-refractivity contribution is 0.412. The number of fused-ring (bicyclic) bond motifs is 2. The van der Waals surface area contributed by atoms with Crippen LogP contribution < -0.4 is 10.3 Å². The van der Waals surface area contributed by atoms with E-state index in [1.54, 1.807) is 37.6 Å². The second kappa shape index (κ2) is 3.80. The number of nitrogens with zero attached hydrogens (tertiary/aromatic N) is 3. The second-order valence-electron chi connectivity index (χ2n) is 4.04. The molecule has 0 N–H and O–H groups in total. The molecule has 3 rings (SSSR count). The van der Waals surface area contributed by atoms with Gasteiger partial charge in [0.2, 0.25) is 0 Å². The highest BCUT2D eigenvalue weighted by molar-refractivity contribution is 5.75. The summed E-state index contributed by atoms with van der Waals surface area (Å²) < 4.78 is 6.58. The van der Waals surface area contributed by atoms with Crippen LogP contribution in [0.1, 0.15) is 5.69 Å². The van der Waals surface area contributed by atoms with Gasteiger partial charge < -0.3 is 4.74 Å². The monoisotopic (exact) mass is 241 g/mol. The molecule has 0 fully saturated rings. The van der Waals surface area contributed by atoms with Crippen LogP contribution in [0.15, 0.2) is 35.3 Å². The molecule has 0 saturated carbocycles. The van der Waals surface area contributed by atoms with E-state index >= 15 is 0 Å². The maximum Gasteiger partial charge on any atom is 0.267 e. The van der Waals surface area contributed by atoms with Gasteiger partial charge in [-0.1, -0.05) is 0 Å². The van der Waals surface area contributed by atoms with E-state index in [0.29, 0.717) is 22.4 Å². The van der Waals surface area contributed by atoms with Crippen LogP contribution in [0.2, 0.25) is 0 Å². The number of rotatable bonds is 1. The third-order valence-corrected chi connectivity index (χ3v) is 2.82. The molecule has 18 heavy (non-hydrogen) atoms. The number of hydrogen-bond donors (Lipinski definition) is 0. The fourth-order valence-corrected chi connectivity index (χ4v) is 1.88. The Balaban J connectivity index is 2.48. The van der Waals surface area contributed by atoms with Crippen LogP contribution in [0.25, 0.3) is 16.7 Å². The SMILES string of the molecule is COc1ccc2nc3nc(C)ccc3c(=O)n2c1. The first kappa shape index (κ1) is 10.7.